The number of carbonyl (C=O) groups excluding carboxylic acids is 2. The number of aliphatic hydroxyl groups is 1. The Morgan fingerprint density at radius 3 is 2.61 bits per heavy atom. The van der Waals surface area contributed by atoms with Gasteiger partial charge in [0.15, 0.2) is 5.13 Å². The van der Waals surface area contributed by atoms with Crippen molar-refractivity contribution in [1.82, 2.24) is 4.98 Å². The molecule has 8 heteroatoms. The van der Waals surface area contributed by atoms with E-state index in [0.29, 0.717) is 28.4 Å². The highest BCUT2D eigenvalue weighted by atomic mass is 32.1. The maximum atomic E-state index is 13.6. The first-order valence-electron chi connectivity index (χ1n) is 12.4. The maximum Gasteiger partial charge on any atom is 0.301 e. The summed E-state index contributed by atoms with van der Waals surface area (Å²) >= 11 is 1.36. The molecule has 0 aliphatic carbocycles. The third-order valence-corrected chi connectivity index (χ3v) is 8.07. The number of aliphatic hydroxyl groups excluding tert-OH is 1. The topological polar surface area (TPSA) is 89.0 Å². The van der Waals surface area contributed by atoms with Crippen molar-refractivity contribution in [3.05, 3.63) is 88.0 Å². The summed E-state index contributed by atoms with van der Waals surface area (Å²) in [4.78, 5) is 33.3. The third-order valence-electron chi connectivity index (χ3n) is 7.07. The van der Waals surface area contributed by atoms with Crippen LogP contribution in [0, 0.1) is 13.8 Å². The van der Waals surface area contributed by atoms with Crippen molar-refractivity contribution in [3.63, 3.8) is 0 Å². The molecule has 1 fully saturated rings. The van der Waals surface area contributed by atoms with Gasteiger partial charge in [0.25, 0.3) is 5.78 Å². The van der Waals surface area contributed by atoms with Gasteiger partial charge in [-0.25, -0.2) is 4.98 Å². The van der Waals surface area contributed by atoms with Crippen LogP contribution in [0.5, 0.6) is 11.5 Å². The number of aromatic nitrogens is 1. The molecule has 3 aromatic carbocycles. The Kier molecular flexibility index (Phi) is 5.72. The summed E-state index contributed by atoms with van der Waals surface area (Å²) in [6.07, 6.45) is 0.746. The zero-order valence-electron chi connectivity index (χ0n) is 21.4. The van der Waals surface area contributed by atoms with Gasteiger partial charge in [0.1, 0.15) is 23.4 Å². The smallest absolute Gasteiger partial charge is 0.301 e. The minimum atomic E-state index is -0.855. The average Bonchev–Trinajstić information content (AvgIpc) is 3.56. The fourth-order valence-corrected chi connectivity index (χ4v) is 6.49. The molecule has 1 saturated heterocycles. The Morgan fingerprint density at radius 2 is 1.87 bits per heavy atom. The van der Waals surface area contributed by atoms with E-state index >= 15 is 0 Å². The fourth-order valence-electron chi connectivity index (χ4n) is 5.32. The largest absolute Gasteiger partial charge is 0.507 e. The van der Waals surface area contributed by atoms with Crippen molar-refractivity contribution in [3.8, 4) is 11.5 Å². The van der Waals surface area contributed by atoms with Crippen molar-refractivity contribution < 1.29 is 24.2 Å². The number of fused-ring (bicyclic) bond motifs is 2. The van der Waals surface area contributed by atoms with Gasteiger partial charge >= 0.3 is 5.91 Å². The van der Waals surface area contributed by atoms with Crippen LogP contribution in [0.15, 0.2) is 60.2 Å². The molecule has 1 aromatic heterocycles. The SMILES string of the molecule is COc1ccc(C2/C(=C(\O)c3ccc4c(c3)CC(C)O4)C(=O)C(=O)N2c2nc3c(C)cc(C)cc3s2)cc1. The lowest BCUT2D eigenvalue weighted by Gasteiger charge is -2.23. The first kappa shape index (κ1) is 24.2. The molecule has 6 rings (SSSR count). The Balaban J connectivity index is 1.54. The molecule has 2 aliphatic heterocycles. The van der Waals surface area contributed by atoms with Crippen LogP contribution in [0.25, 0.3) is 16.0 Å². The van der Waals surface area contributed by atoms with Crippen LogP contribution in [-0.4, -0.2) is 35.0 Å². The van der Waals surface area contributed by atoms with E-state index in [0.717, 1.165) is 32.7 Å². The lowest BCUT2D eigenvalue weighted by Crippen LogP contribution is -2.29. The lowest BCUT2D eigenvalue weighted by molar-refractivity contribution is -0.132. The van der Waals surface area contributed by atoms with Gasteiger partial charge in [-0.05, 0) is 79.4 Å². The minimum absolute atomic E-state index is 0.0271. The third kappa shape index (κ3) is 3.83. The molecule has 1 amide bonds. The van der Waals surface area contributed by atoms with Crippen molar-refractivity contribution >= 4 is 44.1 Å². The predicted molar refractivity (Wildman–Crippen MR) is 147 cm³/mol. The molecule has 2 atom stereocenters. The number of hydrogen-bond acceptors (Lipinski definition) is 7. The number of hydrogen-bond donors (Lipinski definition) is 1. The lowest BCUT2D eigenvalue weighted by atomic mass is 9.94. The van der Waals surface area contributed by atoms with Gasteiger partial charge in [0.05, 0.1) is 28.9 Å². The van der Waals surface area contributed by atoms with Crippen LogP contribution in [0.2, 0.25) is 0 Å². The number of aryl methyl sites for hydroxylation is 2. The van der Waals surface area contributed by atoms with Gasteiger partial charge in [-0.15, -0.1) is 0 Å². The van der Waals surface area contributed by atoms with Crippen molar-refractivity contribution in [2.24, 2.45) is 0 Å². The molecule has 3 heterocycles. The number of rotatable bonds is 4. The van der Waals surface area contributed by atoms with Crippen molar-refractivity contribution in [2.45, 2.75) is 39.3 Å². The van der Waals surface area contributed by atoms with Crippen LogP contribution in [-0.2, 0) is 16.0 Å². The monoisotopic (exact) mass is 526 g/mol. The summed E-state index contributed by atoms with van der Waals surface area (Å²) < 4.78 is 12.0. The van der Waals surface area contributed by atoms with E-state index in [2.05, 4.69) is 0 Å². The van der Waals surface area contributed by atoms with E-state index in [9.17, 15) is 14.7 Å². The Morgan fingerprint density at radius 1 is 1.11 bits per heavy atom. The van der Waals surface area contributed by atoms with Gasteiger partial charge in [0.2, 0.25) is 0 Å². The maximum absolute atomic E-state index is 13.6. The number of benzene rings is 3. The van der Waals surface area contributed by atoms with E-state index in [-0.39, 0.29) is 17.4 Å². The number of anilines is 1. The summed E-state index contributed by atoms with van der Waals surface area (Å²) in [6.45, 7) is 5.97. The molecular formula is C30H26N2O5S. The van der Waals surface area contributed by atoms with E-state index in [1.165, 1.54) is 16.2 Å². The van der Waals surface area contributed by atoms with Crippen LogP contribution in [0.3, 0.4) is 0 Å². The Bertz CT molecular complexity index is 1650. The highest BCUT2D eigenvalue weighted by Crippen LogP contribution is 2.45. The van der Waals surface area contributed by atoms with Crippen LogP contribution >= 0.6 is 11.3 Å². The molecule has 0 spiro atoms. The van der Waals surface area contributed by atoms with Crippen molar-refractivity contribution in [1.29, 1.82) is 0 Å². The fraction of sp³-hybridized carbons (Fsp3) is 0.233. The first-order valence-corrected chi connectivity index (χ1v) is 13.2. The molecule has 0 saturated carbocycles. The number of ketones is 1. The summed E-state index contributed by atoms with van der Waals surface area (Å²) in [5.41, 5.74) is 4.99. The predicted octanol–water partition coefficient (Wildman–Crippen LogP) is 5.87. The van der Waals surface area contributed by atoms with Gasteiger partial charge in [-0.1, -0.05) is 29.5 Å². The number of thiazole rings is 1. The molecule has 38 heavy (non-hydrogen) atoms. The molecule has 7 nitrogen and oxygen atoms in total. The number of carbonyl (C=O) groups is 2. The van der Waals surface area contributed by atoms with Gasteiger partial charge in [-0.3, -0.25) is 14.5 Å². The zero-order valence-corrected chi connectivity index (χ0v) is 22.3. The standard InChI is InChI=1S/C30H26N2O5S/c1-15-11-16(2)25-23(12-15)38-30(31-25)32-26(18-5-8-21(36-4)9-6-18)24(28(34)29(32)35)27(33)19-7-10-22-20(14-19)13-17(3)37-22/h5-12,14,17,26,33H,13H2,1-4H3/b27-24+. The van der Waals surface area contributed by atoms with E-state index < -0.39 is 17.7 Å². The highest BCUT2D eigenvalue weighted by molar-refractivity contribution is 7.22. The molecular weight excluding hydrogens is 500 g/mol. The van der Waals surface area contributed by atoms with Crippen LogP contribution in [0.1, 0.15) is 40.8 Å². The first-order chi connectivity index (χ1) is 18.2. The highest BCUT2D eigenvalue weighted by Gasteiger charge is 2.48. The molecule has 0 radical (unpaired) electrons. The molecule has 0 bridgehead atoms. The van der Waals surface area contributed by atoms with Crippen LogP contribution in [0.4, 0.5) is 5.13 Å². The number of Topliss-reactive ketones (excluding diaryl/α,β-unsaturated/α-hetero) is 1. The van der Waals surface area contributed by atoms with E-state index in [4.69, 9.17) is 14.5 Å². The molecule has 4 aromatic rings. The molecule has 1 N–H and O–H groups in total. The number of amides is 1. The Labute approximate surface area is 224 Å². The quantitative estimate of drug-likeness (QED) is 0.203. The second-order valence-corrected chi connectivity index (χ2v) is 10.8. The van der Waals surface area contributed by atoms with Crippen molar-refractivity contribution in [2.75, 3.05) is 12.0 Å². The zero-order chi connectivity index (χ0) is 26.7. The number of ether oxygens (including phenoxy) is 2. The number of methoxy groups -OCH3 is 1. The summed E-state index contributed by atoms with van der Waals surface area (Å²) in [7, 11) is 1.57. The Hall–Kier alpha value is -4.17. The van der Waals surface area contributed by atoms with Crippen LogP contribution < -0.4 is 14.4 Å². The minimum Gasteiger partial charge on any atom is -0.507 e. The molecule has 2 aliphatic rings. The van der Waals surface area contributed by atoms with Gasteiger partial charge < -0.3 is 14.6 Å². The summed E-state index contributed by atoms with van der Waals surface area (Å²) in [6, 6.07) is 15.7. The van der Waals surface area contributed by atoms with Gasteiger partial charge in [0, 0.05) is 12.0 Å². The second kappa shape index (κ2) is 8.99. The average molecular weight is 527 g/mol. The summed E-state index contributed by atoms with van der Waals surface area (Å²) in [5.74, 6) is -0.285. The van der Waals surface area contributed by atoms with E-state index in [1.807, 2.05) is 39.0 Å². The normalized spacial score (nSPS) is 20.2. The molecule has 2 unspecified atom stereocenters. The molecule has 192 valence electrons. The van der Waals surface area contributed by atoms with E-state index in [1.54, 1.807) is 43.5 Å². The second-order valence-electron chi connectivity index (χ2n) is 9.82. The number of nitrogens with zero attached hydrogens (tertiary/aromatic N) is 2. The van der Waals surface area contributed by atoms with Gasteiger partial charge in [-0.2, -0.15) is 0 Å². The summed E-state index contributed by atoms with van der Waals surface area (Å²) in [5, 5.41) is 11.9.